The van der Waals surface area contributed by atoms with Crippen LogP contribution in [0.5, 0.6) is 0 Å². The molecule has 1 aliphatic carbocycles. The molecule has 0 spiro atoms. The molecule has 3 aliphatic rings. The Labute approximate surface area is 219 Å². The standard InChI is InChI=1S/C27H37ClN6S/c1-20-8-2-5-17-34(20)24-18-23(33-15-6-7-16-33)30-25(31-24)32-26(35)29-19-27(13-3-4-14-27)21-9-11-22(28)12-10-21/h9-12,18,20H,2-8,13-17,19H2,1H3,(H2,29,30,31,32,35). The second-order valence-corrected chi connectivity index (χ2v) is 11.3. The molecule has 1 aromatic heterocycles. The van der Waals surface area contributed by atoms with E-state index in [9.17, 15) is 0 Å². The van der Waals surface area contributed by atoms with E-state index in [2.05, 4.69) is 45.6 Å². The fraction of sp³-hybridized carbons (Fsp3) is 0.593. The number of thiocarbonyl (C=S) groups is 1. The fourth-order valence-electron chi connectivity index (χ4n) is 5.99. The van der Waals surface area contributed by atoms with Gasteiger partial charge in [0.05, 0.1) is 0 Å². The average molecular weight is 513 g/mol. The van der Waals surface area contributed by atoms with Crippen molar-refractivity contribution in [3.8, 4) is 0 Å². The summed E-state index contributed by atoms with van der Waals surface area (Å²) in [7, 11) is 0. The zero-order valence-corrected chi connectivity index (χ0v) is 22.3. The Morgan fingerprint density at radius 2 is 1.69 bits per heavy atom. The van der Waals surface area contributed by atoms with Gasteiger partial charge in [-0.25, -0.2) is 0 Å². The van der Waals surface area contributed by atoms with Crippen LogP contribution in [-0.4, -0.2) is 47.3 Å². The van der Waals surface area contributed by atoms with Crippen molar-refractivity contribution in [1.82, 2.24) is 15.3 Å². The van der Waals surface area contributed by atoms with Gasteiger partial charge in [0.2, 0.25) is 5.95 Å². The van der Waals surface area contributed by atoms with Crippen molar-refractivity contribution in [2.45, 2.75) is 76.2 Å². The summed E-state index contributed by atoms with van der Waals surface area (Å²) >= 11 is 11.9. The van der Waals surface area contributed by atoms with Crippen LogP contribution in [0.15, 0.2) is 30.3 Å². The number of hydrogen-bond donors (Lipinski definition) is 2. The molecule has 8 heteroatoms. The van der Waals surface area contributed by atoms with Crippen molar-refractivity contribution < 1.29 is 0 Å². The molecule has 6 nitrogen and oxygen atoms in total. The van der Waals surface area contributed by atoms with E-state index in [1.54, 1.807) is 0 Å². The number of benzene rings is 1. The second-order valence-electron chi connectivity index (χ2n) is 10.4. The maximum Gasteiger partial charge on any atom is 0.232 e. The minimum Gasteiger partial charge on any atom is -0.361 e. The van der Waals surface area contributed by atoms with E-state index >= 15 is 0 Å². The molecule has 0 bridgehead atoms. The normalized spacial score (nSPS) is 21.8. The molecule has 35 heavy (non-hydrogen) atoms. The third kappa shape index (κ3) is 5.67. The second kappa shape index (κ2) is 10.9. The summed E-state index contributed by atoms with van der Waals surface area (Å²) in [6.07, 6.45) is 10.9. The zero-order valence-electron chi connectivity index (χ0n) is 20.7. The summed E-state index contributed by atoms with van der Waals surface area (Å²) in [6.45, 7) is 6.25. The monoisotopic (exact) mass is 512 g/mol. The number of aromatic nitrogens is 2. The predicted molar refractivity (Wildman–Crippen MR) is 150 cm³/mol. The van der Waals surface area contributed by atoms with Gasteiger partial charge in [0.25, 0.3) is 0 Å². The van der Waals surface area contributed by atoms with Gasteiger partial charge in [0.15, 0.2) is 5.11 Å². The van der Waals surface area contributed by atoms with Crippen LogP contribution in [0.1, 0.15) is 70.3 Å². The van der Waals surface area contributed by atoms with Crippen LogP contribution in [0.3, 0.4) is 0 Å². The minimum absolute atomic E-state index is 0.0863. The third-order valence-electron chi connectivity index (χ3n) is 8.06. The van der Waals surface area contributed by atoms with Crippen LogP contribution in [-0.2, 0) is 5.41 Å². The van der Waals surface area contributed by atoms with Gasteiger partial charge in [0.1, 0.15) is 11.6 Å². The smallest absolute Gasteiger partial charge is 0.232 e. The molecule has 1 unspecified atom stereocenters. The van der Waals surface area contributed by atoms with Gasteiger partial charge in [-0.05, 0) is 81.8 Å². The predicted octanol–water partition coefficient (Wildman–Crippen LogP) is 5.91. The first kappa shape index (κ1) is 24.6. The molecule has 2 N–H and O–H groups in total. The highest BCUT2D eigenvalue weighted by atomic mass is 35.5. The van der Waals surface area contributed by atoms with E-state index < -0.39 is 0 Å². The third-order valence-corrected chi connectivity index (χ3v) is 8.55. The molecule has 5 rings (SSSR count). The number of nitrogens with one attached hydrogen (secondary N) is 2. The van der Waals surface area contributed by atoms with Crippen molar-refractivity contribution in [3.05, 3.63) is 40.9 Å². The van der Waals surface area contributed by atoms with Gasteiger partial charge in [-0.3, -0.25) is 0 Å². The van der Waals surface area contributed by atoms with Gasteiger partial charge in [-0.2, -0.15) is 9.97 Å². The first-order valence-corrected chi connectivity index (χ1v) is 14.0. The minimum atomic E-state index is 0.0863. The number of anilines is 3. The Morgan fingerprint density at radius 3 is 2.40 bits per heavy atom. The molecular formula is C27H37ClN6S. The van der Waals surface area contributed by atoms with Gasteiger partial charge in [-0.1, -0.05) is 36.6 Å². The number of rotatable bonds is 6. The van der Waals surface area contributed by atoms with Crippen molar-refractivity contribution in [1.29, 1.82) is 0 Å². The number of piperidine rings is 1. The highest BCUT2D eigenvalue weighted by Crippen LogP contribution is 2.41. The van der Waals surface area contributed by atoms with Crippen LogP contribution >= 0.6 is 23.8 Å². The van der Waals surface area contributed by atoms with E-state index in [1.165, 1.54) is 50.5 Å². The van der Waals surface area contributed by atoms with Crippen LogP contribution in [0.25, 0.3) is 0 Å². The zero-order chi connectivity index (χ0) is 24.3. The molecule has 1 aromatic carbocycles. The quantitative estimate of drug-likeness (QED) is 0.467. The van der Waals surface area contributed by atoms with Gasteiger partial charge < -0.3 is 20.4 Å². The molecule has 3 heterocycles. The molecule has 2 aromatic rings. The highest BCUT2D eigenvalue weighted by molar-refractivity contribution is 7.80. The van der Waals surface area contributed by atoms with Crippen LogP contribution in [0.4, 0.5) is 17.6 Å². The molecule has 0 amide bonds. The van der Waals surface area contributed by atoms with Crippen LogP contribution < -0.4 is 20.4 Å². The summed E-state index contributed by atoms with van der Waals surface area (Å²) in [4.78, 5) is 14.6. The van der Waals surface area contributed by atoms with E-state index in [4.69, 9.17) is 33.8 Å². The first-order valence-electron chi connectivity index (χ1n) is 13.2. The van der Waals surface area contributed by atoms with E-state index in [0.29, 0.717) is 17.1 Å². The molecular weight excluding hydrogens is 476 g/mol. The van der Waals surface area contributed by atoms with Crippen LogP contribution in [0, 0.1) is 0 Å². The summed E-state index contributed by atoms with van der Waals surface area (Å²) in [6, 6.07) is 11.0. The van der Waals surface area contributed by atoms with Crippen molar-refractivity contribution in [2.24, 2.45) is 0 Å². The van der Waals surface area contributed by atoms with E-state index in [1.807, 2.05) is 12.1 Å². The SMILES string of the molecule is CC1CCCCN1c1cc(N2CCCC2)nc(NC(=S)NCC2(c3ccc(Cl)cc3)CCCC2)n1. The van der Waals surface area contributed by atoms with Gasteiger partial charge >= 0.3 is 0 Å². The van der Waals surface area contributed by atoms with Gasteiger partial charge in [0, 0.05) is 48.7 Å². The highest BCUT2D eigenvalue weighted by Gasteiger charge is 2.35. The maximum absolute atomic E-state index is 6.15. The number of hydrogen-bond acceptors (Lipinski definition) is 5. The van der Waals surface area contributed by atoms with Crippen molar-refractivity contribution in [3.63, 3.8) is 0 Å². The van der Waals surface area contributed by atoms with Crippen molar-refractivity contribution in [2.75, 3.05) is 41.3 Å². The Balaban J connectivity index is 1.32. The molecule has 1 atom stereocenters. The van der Waals surface area contributed by atoms with Crippen LogP contribution in [0.2, 0.25) is 5.02 Å². The van der Waals surface area contributed by atoms with E-state index in [0.717, 1.165) is 55.7 Å². The summed E-state index contributed by atoms with van der Waals surface area (Å²) in [5, 5.41) is 8.19. The fourth-order valence-corrected chi connectivity index (χ4v) is 6.28. The van der Waals surface area contributed by atoms with Gasteiger partial charge in [-0.15, -0.1) is 0 Å². The Morgan fingerprint density at radius 1 is 1.00 bits per heavy atom. The Bertz CT molecular complexity index is 1020. The Hall–Kier alpha value is -2.12. The maximum atomic E-state index is 6.15. The largest absolute Gasteiger partial charge is 0.361 e. The van der Waals surface area contributed by atoms with Crippen molar-refractivity contribution >= 4 is 46.5 Å². The molecule has 3 fully saturated rings. The number of halogens is 1. The molecule has 0 radical (unpaired) electrons. The lowest BCUT2D eigenvalue weighted by atomic mass is 9.79. The molecule has 2 aliphatic heterocycles. The number of nitrogens with zero attached hydrogens (tertiary/aromatic N) is 4. The first-order chi connectivity index (χ1) is 17.0. The Kier molecular flexibility index (Phi) is 7.63. The lowest BCUT2D eigenvalue weighted by Gasteiger charge is -2.35. The summed E-state index contributed by atoms with van der Waals surface area (Å²) < 4.78 is 0. The lowest BCUT2D eigenvalue weighted by Crippen LogP contribution is -2.41. The lowest BCUT2D eigenvalue weighted by molar-refractivity contribution is 0.435. The topological polar surface area (TPSA) is 56.3 Å². The summed E-state index contributed by atoms with van der Waals surface area (Å²) in [5.74, 6) is 2.60. The molecule has 2 saturated heterocycles. The molecule has 188 valence electrons. The summed E-state index contributed by atoms with van der Waals surface area (Å²) in [5.41, 5.74) is 1.42. The van der Waals surface area contributed by atoms with E-state index in [-0.39, 0.29) is 5.41 Å². The average Bonchev–Trinajstić information content (AvgIpc) is 3.57. The molecule has 1 saturated carbocycles.